The maximum absolute atomic E-state index is 3.93. The summed E-state index contributed by atoms with van der Waals surface area (Å²) in [4.78, 5) is 3.28. The maximum Gasteiger partial charge on any atom is 0.0456 e. The molecule has 0 aliphatic heterocycles. The molecule has 1 aromatic carbocycles. The van der Waals surface area contributed by atoms with Crippen molar-refractivity contribution in [1.82, 2.24) is 4.98 Å². The van der Waals surface area contributed by atoms with Gasteiger partial charge in [0, 0.05) is 17.1 Å². The number of para-hydroxylation sites is 1. The standard InChI is InChI=1S/C12H14N/c1-3-9(2)11-8-13-12-7-5-4-6-10(11)12/h4-9,13H,1,3H2,2H3. The zero-order valence-corrected chi connectivity index (χ0v) is 7.88. The molecule has 1 heterocycles. The predicted octanol–water partition coefficient (Wildman–Crippen LogP) is 3.50. The fraction of sp³-hybridized carbons (Fsp3) is 0.250. The molecular formula is C12H14N. The third kappa shape index (κ3) is 1.35. The number of aromatic nitrogens is 1. The van der Waals surface area contributed by atoms with Gasteiger partial charge in [-0.25, -0.2) is 0 Å². The minimum absolute atomic E-state index is 0.538. The molecule has 1 unspecified atom stereocenters. The second kappa shape index (κ2) is 3.25. The van der Waals surface area contributed by atoms with Crippen molar-refractivity contribution in [2.75, 3.05) is 0 Å². The van der Waals surface area contributed by atoms with Crippen LogP contribution >= 0.6 is 0 Å². The van der Waals surface area contributed by atoms with Crippen molar-refractivity contribution >= 4 is 10.9 Å². The number of hydrogen-bond donors (Lipinski definition) is 1. The van der Waals surface area contributed by atoms with Crippen LogP contribution in [0.25, 0.3) is 10.9 Å². The van der Waals surface area contributed by atoms with Gasteiger partial charge in [0.05, 0.1) is 0 Å². The van der Waals surface area contributed by atoms with E-state index in [1.807, 2.05) is 0 Å². The molecule has 1 nitrogen and oxygen atoms in total. The van der Waals surface area contributed by atoms with Gasteiger partial charge in [-0.1, -0.05) is 32.0 Å². The lowest BCUT2D eigenvalue weighted by Gasteiger charge is -2.05. The largest absolute Gasteiger partial charge is 0.361 e. The Labute approximate surface area is 78.8 Å². The maximum atomic E-state index is 3.93. The molecule has 1 heteroatoms. The third-order valence-electron chi connectivity index (χ3n) is 2.59. The molecule has 1 radical (unpaired) electrons. The van der Waals surface area contributed by atoms with E-state index in [1.54, 1.807) is 0 Å². The first-order valence-corrected chi connectivity index (χ1v) is 4.68. The van der Waals surface area contributed by atoms with Gasteiger partial charge in [0.2, 0.25) is 0 Å². The normalized spacial score (nSPS) is 13.4. The molecule has 13 heavy (non-hydrogen) atoms. The summed E-state index contributed by atoms with van der Waals surface area (Å²) < 4.78 is 0. The molecule has 2 aromatic rings. The molecule has 0 aliphatic rings. The van der Waals surface area contributed by atoms with Gasteiger partial charge in [-0.05, 0) is 24.0 Å². The number of H-pyrrole nitrogens is 1. The van der Waals surface area contributed by atoms with Crippen LogP contribution in [0.5, 0.6) is 0 Å². The second-order valence-corrected chi connectivity index (χ2v) is 3.48. The van der Waals surface area contributed by atoms with E-state index >= 15 is 0 Å². The number of rotatable bonds is 2. The molecule has 0 saturated heterocycles. The Morgan fingerprint density at radius 3 is 2.92 bits per heavy atom. The molecule has 0 spiro atoms. The Hall–Kier alpha value is -1.24. The highest BCUT2D eigenvalue weighted by Gasteiger charge is 2.07. The quantitative estimate of drug-likeness (QED) is 0.713. The summed E-state index contributed by atoms with van der Waals surface area (Å²) in [5.74, 6) is 0.538. The predicted molar refractivity (Wildman–Crippen MR) is 56.7 cm³/mol. The van der Waals surface area contributed by atoms with E-state index in [0.29, 0.717) is 5.92 Å². The number of nitrogens with one attached hydrogen (secondary N) is 1. The highest BCUT2D eigenvalue weighted by molar-refractivity contribution is 5.83. The van der Waals surface area contributed by atoms with Crippen LogP contribution in [0, 0.1) is 6.92 Å². The van der Waals surface area contributed by atoms with E-state index in [9.17, 15) is 0 Å². The topological polar surface area (TPSA) is 15.8 Å². The Morgan fingerprint density at radius 2 is 2.15 bits per heavy atom. The molecule has 67 valence electrons. The average molecular weight is 172 g/mol. The Morgan fingerprint density at radius 1 is 1.38 bits per heavy atom. The van der Waals surface area contributed by atoms with Gasteiger partial charge in [0.25, 0.3) is 0 Å². The number of aromatic amines is 1. The van der Waals surface area contributed by atoms with Gasteiger partial charge < -0.3 is 4.98 Å². The van der Waals surface area contributed by atoms with Crippen molar-refractivity contribution in [3.05, 3.63) is 42.9 Å². The lowest BCUT2D eigenvalue weighted by molar-refractivity contribution is 0.785. The van der Waals surface area contributed by atoms with Crippen molar-refractivity contribution in [2.24, 2.45) is 0 Å². The van der Waals surface area contributed by atoms with Gasteiger partial charge in [-0.2, -0.15) is 0 Å². The summed E-state index contributed by atoms with van der Waals surface area (Å²) in [5, 5.41) is 1.33. The zero-order valence-electron chi connectivity index (χ0n) is 7.88. The third-order valence-corrected chi connectivity index (χ3v) is 2.59. The summed E-state index contributed by atoms with van der Waals surface area (Å²) in [5.41, 5.74) is 2.60. The first kappa shape index (κ1) is 8.36. The van der Waals surface area contributed by atoms with Crippen LogP contribution in [0.1, 0.15) is 24.8 Å². The second-order valence-electron chi connectivity index (χ2n) is 3.48. The molecule has 0 saturated carbocycles. The molecule has 0 amide bonds. The fourth-order valence-electron chi connectivity index (χ4n) is 1.66. The number of benzene rings is 1. The lowest BCUT2D eigenvalue weighted by atomic mass is 9.98. The summed E-state index contributed by atoms with van der Waals surface area (Å²) in [6, 6.07) is 8.40. The Bertz CT molecular complexity index is 400. The highest BCUT2D eigenvalue weighted by Crippen LogP contribution is 2.26. The van der Waals surface area contributed by atoms with Gasteiger partial charge in [0.1, 0.15) is 0 Å². The van der Waals surface area contributed by atoms with Crippen molar-refractivity contribution in [2.45, 2.75) is 19.3 Å². The molecule has 1 atom stereocenters. The van der Waals surface area contributed by atoms with E-state index in [0.717, 1.165) is 6.42 Å². The Balaban J connectivity index is 2.57. The van der Waals surface area contributed by atoms with Crippen LogP contribution < -0.4 is 0 Å². The van der Waals surface area contributed by atoms with Gasteiger partial charge in [-0.3, -0.25) is 0 Å². The molecule has 0 aliphatic carbocycles. The van der Waals surface area contributed by atoms with Crippen molar-refractivity contribution < 1.29 is 0 Å². The van der Waals surface area contributed by atoms with Crippen LogP contribution in [0.2, 0.25) is 0 Å². The van der Waals surface area contributed by atoms with Gasteiger partial charge >= 0.3 is 0 Å². The van der Waals surface area contributed by atoms with Crippen molar-refractivity contribution in [3.63, 3.8) is 0 Å². The van der Waals surface area contributed by atoms with Crippen LogP contribution in [0.4, 0.5) is 0 Å². The highest BCUT2D eigenvalue weighted by atomic mass is 14.7. The van der Waals surface area contributed by atoms with E-state index in [-0.39, 0.29) is 0 Å². The van der Waals surface area contributed by atoms with Crippen molar-refractivity contribution in [3.8, 4) is 0 Å². The first-order chi connectivity index (χ1) is 6.33. The molecule has 0 fully saturated rings. The Kier molecular flexibility index (Phi) is 2.09. The minimum Gasteiger partial charge on any atom is -0.361 e. The van der Waals surface area contributed by atoms with Crippen LogP contribution in [-0.2, 0) is 0 Å². The first-order valence-electron chi connectivity index (χ1n) is 4.68. The molecule has 1 N–H and O–H groups in total. The summed E-state index contributed by atoms with van der Waals surface area (Å²) in [6.07, 6.45) is 3.04. The zero-order chi connectivity index (χ0) is 9.26. The summed E-state index contributed by atoms with van der Waals surface area (Å²) >= 11 is 0. The molecule has 2 rings (SSSR count). The van der Waals surface area contributed by atoms with E-state index in [2.05, 4.69) is 49.3 Å². The fourth-order valence-corrected chi connectivity index (χ4v) is 1.66. The van der Waals surface area contributed by atoms with E-state index in [4.69, 9.17) is 0 Å². The number of fused-ring (bicyclic) bond motifs is 1. The van der Waals surface area contributed by atoms with Crippen molar-refractivity contribution in [1.29, 1.82) is 0 Å². The van der Waals surface area contributed by atoms with Crippen LogP contribution in [-0.4, -0.2) is 4.98 Å². The SMILES string of the molecule is [CH2]CC(C)c1c[nH]c2ccccc12. The van der Waals surface area contributed by atoms with Crippen LogP contribution in [0.15, 0.2) is 30.5 Å². The van der Waals surface area contributed by atoms with E-state index < -0.39 is 0 Å². The lowest BCUT2D eigenvalue weighted by Crippen LogP contribution is -1.88. The van der Waals surface area contributed by atoms with Gasteiger partial charge in [0.15, 0.2) is 0 Å². The summed E-state index contributed by atoms with van der Waals surface area (Å²) in [6.45, 7) is 6.15. The smallest absolute Gasteiger partial charge is 0.0456 e. The molecular weight excluding hydrogens is 158 g/mol. The minimum atomic E-state index is 0.538. The average Bonchev–Trinajstić information content (AvgIpc) is 2.60. The van der Waals surface area contributed by atoms with E-state index in [1.165, 1.54) is 16.5 Å². The van der Waals surface area contributed by atoms with Gasteiger partial charge in [-0.15, -0.1) is 0 Å². The van der Waals surface area contributed by atoms with Crippen LogP contribution in [0.3, 0.4) is 0 Å². The summed E-state index contributed by atoms with van der Waals surface area (Å²) in [7, 11) is 0. The molecule has 0 bridgehead atoms. The number of hydrogen-bond acceptors (Lipinski definition) is 0. The monoisotopic (exact) mass is 172 g/mol. The molecule has 1 aromatic heterocycles.